The third-order valence-electron chi connectivity index (χ3n) is 3.13. The zero-order chi connectivity index (χ0) is 11.7. The second-order valence-electron chi connectivity index (χ2n) is 4.17. The minimum absolute atomic E-state index is 0.776. The molecule has 1 aromatic heterocycles. The molecule has 4 nitrogen and oxygen atoms in total. The van der Waals surface area contributed by atoms with E-state index in [0.29, 0.717) is 0 Å². The van der Waals surface area contributed by atoms with Gasteiger partial charge in [-0.05, 0) is 24.3 Å². The van der Waals surface area contributed by atoms with Gasteiger partial charge < -0.3 is 15.4 Å². The predicted octanol–water partition coefficient (Wildman–Crippen LogP) is 1.65. The summed E-state index contributed by atoms with van der Waals surface area (Å²) < 4.78 is 5.37. The number of fused-ring (bicyclic) bond motifs is 1. The van der Waals surface area contributed by atoms with Crippen molar-refractivity contribution in [3.05, 3.63) is 30.5 Å². The third-order valence-corrected chi connectivity index (χ3v) is 3.13. The molecule has 2 aromatic rings. The number of pyridine rings is 1. The Kier molecular flexibility index (Phi) is 2.57. The molecule has 0 atom stereocenters. The molecule has 0 spiro atoms. The third kappa shape index (κ3) is 1.80. The molecule has 4 heteroatoms. The van der Waals surface area contributed by atoms with E-state index in [4.69, 9.17) is 10.5 Å². The van der Waals surface area contributed by atoms with Gasteiger partial charge in [0.15, 0.2) is 0 Å². The number of hydrogen-bond acceptors (Lipinski definition) is 4. The Hall–Kier alpha value is -1.81. The highest BCUT2D eigenvalue weighted by Crippen LogP contribution is 2.29. The van der Waals surface area contributed by atoms with Gasteiger partial charge in [-0.25, -0.2) is 0 Å². The van der Waals surface area contributed by atoms with Crippen LogP contribution in [0.3, 0.4) is 0 Å². The maximum atomic E-state index is 5.97. The largest absolute Gasteiger partial charge is 0.398 e. The molecule has 3 rings (SSSR count). The number of ether oxygens (including phenoxy) is 1. The summed E-state index contributed by atoms with van der Waals surface area (Å²) in [6, 6.07) is 7.94. The summed E-state index contributed by atoms with van der Waals surface area (Å²) >= 11 is 0. The first-order chi connectivity index (χ1) is 8.36. The van der Waals surface area contributed by atoms with Crippen LogP contribution in [-0.2, 0) is 4.74 Å². The summed E-state index contributed by atoms with van der Waals surface area (Å²) in [5.74, 6) is 0. The van der Waals surface area contributed by atoms with Crippen molar-refractivity contribution in [2.24, 2.45) is 0 Å². The van der Waals surface area contributed by atoms with Crippen molar-refractivity contribution < 1.29 is 4.74 Å². The van der Waals surface area contributed by atoms with Gasteiger partial charge >= 0.3 is 0 Å². The lowest BCUT2D eigenvalue weighted by Crippen LogP contribution is -2.36. The summed E-state index contributed by atoms with van der Waals surface area (Å²) in [7, 11) is 0. The van der Waals surface area contributed by atoms with Crippen LogP contribution in [0.4, 0.5) is 11.4 Å². The topological polar surface area (TPSA) is 51.4 Å². The van der Waals surface area contributed by atoms with Crippen molar-refractivity contribution in [1.82, 2.24) is 4.98 Å². The molecule has 1 saturated heterocycles. The Morgan fingerprint density at radius 2 is 2.00 bits per heavy atom. The van der Waals surface area contributed by atoms with Crippen LogP contribution >= 0.6 is 0 Å². The molecule has 2 N–H and O–H groups in total. The zero-order valence-electron chi connectivity index (χ0n) is 9.60. The van der Waals surface area contributed by atoms with E-state index in [1.807, 2.05) is 24.4 Å². The molecular formula is C13H15N3O. The monoisotopic (exact) mass is 229 g/mol. The maximum absolute atomic E-state index is 5.97. The summed E-state index contributed by atoms with van der Waals surface area (Å²) in [6.07, 6.45) is 1.81. The van der Waals surface area contributed by atoms with E-state index in [-0.39, 0.29) is 0 Å². The fourth-order valence-corrected chi connectivity index (χ4v) is 2.24. The number of benzene rings is 1. The molecule has 0 radical (unpaired) electrons. The van der Waals surface area contributed by atoms with Crippen molar-refractivity contribution in [2.75, 3.05) is 36.9 Å². The van der Waals surface area contributed by atoms with Crippen molar-refractivity contribution in [1.29, 1.82) is 0 Å². The molecule has 1 fully saturated rings. The molecule has 0 amide bonds. The van der Waals surface area contributed by atoms with Gasteiger partial charge in [0.1, 0.15) is 0 Å². The molecular weight excluding hydrogens is 214 g/mol. The number of aromatic nitrogens is 1. The highest BCUT2D eigenvalue weighted by Gasteiger charge is 2.15. The molecule has 17 heavy (non-hydrogen) atoms. The number of anilines is 2. The quantitative estimate of drug-likeness (QED) is 0.755. The average molecular weight is 229 g/mol. The Bertz CT molecular complexity index is 535. The van der Waals surface area contributed by atoms with Crippen LogP contribution in [0.25, 0.3) is 10.9 Å². The van der Waals surface area contributed by atoms with Gasteiger partial charge in [-0.3, -0.25) is 4.98 Å². The second-order valence-corrected chi connectivity index (χ2v) is 4.17. The second kappa shape index (κ2) is 4.22. The van der Waals surface area contributed by atoms with E-state index >= 15 is 0 Å². The van der Waals surface area contributed by atoms with Crippen LogP contribution in [0.1, 0.15) is 0 Å². The summed E-state index contributed by atoms with van der Waals surface area (Å²) in [6.45, 7) is 3.38. The Labute approximate surface area is 100.0 Å². The number of nitrogens with zero attached hydrogens (tertiary/aromatic N) is 2. The number of rotatable bonds is 1. The van der Waals surface area contributed by atoms with Gasteiger partial charge in [0, 0.05) is 30.4 Å². The molecule has 0 aliphatic carbocycles. The van der Waals surface area contributed by atoms with E-state index in [1.165, 1.54) is 0 Å². The standard InChI is InChI=1S/C13H15N3O/c14-11-3-4-12(16-6-8-17-9-7-16)13-10(11)2-1-5-15-13/h1-5H,6-9,14H2. The fraction of sp³-hybridized carbons (Fsp3) is 0.308. The first-order valence-electron chi connectivity index (χ1n) is 5.82. The highest BCUT2D eigenvalue weighted by molar-refractivity contribution is 5.98. The molecule has 88 valence electrons. The first kappa shape index (κ1) is 10.4. The van der Waals surface area contributed by atoms with Gasteiger partial charge in [-0.1, -0.05) is 0 Å². The zero-order valence-corrected chi connectivity index (χ0v) is 9.60. The Morgan fingerprint density at radius 3 is 2.82 bits per heavy atom. The smallest absolute Gasteiger partial charge is 0.0955 e. The first-order valence-corrected chi connectivity index (χ1v) is 5.82. The van der Waals surface area contributed by atoms with Crippen LogP contribution in [0.15, 0.2) is 30.5 Å². The number of nitrogen functional groups attached to an aromatic ring is 1. The SMILES string of the molecule is Nc1ccc(N2CCOCC2)c2ncccc12. The number of hydrogen-bond donors (Lipinski definition) is 1. The summed E-state index contributed by atoms with van der Waals surface area (Å²) in [5.41, 5.74) is 8.89. The lowest BCUT2D eigenvalue weighted by atomic mass is 10.1. The highest BCUT2D eigenvalue weighted by atomic mass is 16.5. The Morgan fingerprint density at radius 1 is 1.18 bits per heavy atom. The van der Waals surface area contributed by atoms with Gasteiger partial charge in [0.05, 0.1) is 24.4 Å². The van der Waals surface area contributed by atoms with Crippen molar-refractivity contribution >= 4 is 22.3 Å². The van der Waals surface area contributed by atoms with Crippen LogP contribution in [0, 0.1) is 0 Å². The van der Waals surface area contributed by atoms with E-state index in [9.17, 15) is 0 Å². The van der Waals surface area contributed by atoms with Gasteiger partial charge in [0.25, 0.3) is 0 Å². The van der Waals surface area contributed by atoms with Gasteiger partial charge in [-0.15, -0.1) is 0 Å². The predicted molar refractivity (Wildman–Crippen MR) is 69.2 cm³/mol. The summed E-state index contributed by atoms with van der Waals surface area (Å²) in [4.78, 5) is 6.76. The lowest BCUT2D eigenvalue weighted by Gasteiger charge is -2.29. The lowest BCUT2D eigenvalue weighted by molar-refractivity contribution is 0.123. The van der Waals surface area contributed by atoms with Crippen LogP contribution in [0.5, 0.6) is 0 Å². The minimum atomic E-state index is 0.776. The average Bonchev–Trinajstić information content (AvgIpc) is 2.41. The Balaban J connectivity index is 2.12. The molecule has 0 unspecified atom stereocenters. The van der Waals surface area contributed by atoms with Crippen molar-refractivity contribution in [3.63, 3.8) is 0 Å². The maximum Gasteiger partial charge on any atom is 0.0955 e. The molecule has 0 saturated carbocycles. The molecule has 1 aromatic carbocycles. The van der Waals surface area contributed by atoms with Crippen LogP contribution < -0.4 is 10.6 Å². The van der Waals surface area contributed by atoms with E-state index < -0.39 is 0 Å². The van der Waals surface area contributed by atoms with E-state index in [1.54, 1.807) is 0 Å². The van der Waals surface area contributed by atoms with Gasteiger partial charge in [0.2, 0.25) is 0 Å². The fourth-order valence-electron chi connectivity index (χ4n) is 2.24. The minimum Gasteiger partial charge on any atom is -0.398 e. The van der Waals surface area contributed by atoms with Crippen LogP contribution in [0.2, 0.25) is 0 Å². The molecule has 1 aliphatic rings. The number of morpholine rings is 1. The van der Waals surface area contributed by atoms with E-state index in [0.717, 1.165) is 48.6 Å². The molecule has 2 heterocycles. The normalized spacial score (nSPS) is 16.4. The summed E-state index contributed by atoms with van der Waals surface area (Å²) in [5, 5.41) is 1.02. The van der Waals surface area contributed by atoms with E-state index in [2.05, 4.69) is 16.0 Å². The van der Waals surface area contributed by atoms with Crippen molar-refractivity contribution in [3.8, 4) is 0 Å². The van der Waals surface area contributed by atoms with Crippen molar-refractivity contribution in [2.45, 2.75) is 0 Å². The number of nitrogens with two attached hydrogens (primary N) is 1. The molecule has 0 bridgehead atoms. The molecule has 1 aliphatic heterocycles. The van der Waals surface area contributed by atoms with Gasteiger partial charge in [-0.2, -0.15) is 0 Å². The van der Waals surface area contributed by atoms with Crippen LogP contribution in [-0.4, -0.2) is 31.3 Å².